The van der Waals surface area contributed by atoms with Crippen LogP contribution in [-0.2, 0) is 27.5 Å². The first-order chi connectivity index (χ1) is 13.5. The minimum atomic E-state index is -1.61. The van der Waals surface area contributed by atoms with Crippen molar-refractivity contribution in [2.45, 2.75) is 37.6 Å². The van der Waals surface area contributed by atoms with Crippen molar-refractivity contribution in [2.24, 2.45) is 5.92 Å². The third-order valence-corrected chi connectivity index (χ3v) is 4.83. The molecule has 2 N–H and O–H groups in total. The molecular formula is C20H21NO7. The minimum absolute atomic E-state index is 0.0185. The Bertz CT molecular complexity index is 731. The third kappa shape index (κ3) is 4.36. The Hall–Kier alpha value is -2.81. The number of nitrogens with zero attached hydrogens (tertiary/aromatic N) is 1. The van der Waals surface area contributed by atoms with Crippen LogP contribution in [0.15, 0.2) is 60.7 Å². The summed E-state index contributed by atoms with van der Waals surface area (Å²) in [6.07, 6.45) is -3.99. The standard InChI is InChI=1S/C20H21NO7/c22-17-18(27-11-13-7-3-1-4-8-13)15(20(23)24)16(21(25)26)19(17)28-12-14-9-5-2-6-10-14/h1-10,15-19,22H,11-12H2,(H,23,24)/t15-,16-,17-,18+,19+/m0/s1. The molecule has 0 radical (unpaired) electrons. The molecule has 28 heavy (non-hydrogen) atoms. The number of hydrogen-bond donors (Lipinski definition) is 2. The van der Waals surface area contributed by atoms with Crippen LogP contribution in [0, 0.1) is 16.0 Å². The lowest BCUT2D eigenvalue weighted by atomic mass is 10.0. The predicted octanol–water partition coefficient (Wildman–Crippen LogP) is 1.88. The van der Waals surface area contributed by atoms with E-state index in [1.807, 2.05) is 12.1 Å². The van der Waals surface area contributed by atoms with Gasteiger partial charge in [-0.1, -0.05) is 60.7 Å². The molecule has 8 heteroatoms. The summed E-state index contributed by atoms with van der Waals surface area (Å²) < 4.78 is 11.2. The lowest BCUT2D eigenvalue weighted by molar-refractivity contribution is -0.539. The SMILES string of the molecule is O=C(O)[C@@H]1[C@@H](OCc2ccccc2)[C@H](O)[C@H](OCc2ccccc2)[C@H]1[N+](=O)[O-]. The van der Waals surface area contributed by atoms with Crippen molar-refractivity contribution < 1.29 is 29.4 Å². The Morgan fingerprint density at radius 3 is 1.82 bits per heavy atom. The van der Waals surface area contributed by atoms with Crippen LogP contribution in [0.25, 0.3) is 0 Å². The molecule has 148 valence electrons. The van der Waals surface area contributed by atoms with Gasteiger partial charge in [-0.2, -0.15) is 0 Å². The van der Waals surface area contributed by atoms with Gasteiger partial charge in [0.15, 0.2) is 12.0 Å². The van der Waals surface area contributed by atoms with E-state index in [9.17, 15) is 25.1 Å². The summed E-state index contributed by atoms with van der Waals surface area (Å²) in [4.78, 5) is 22.6. The van der Waals surface area contributed by atoms with E-state index in [-0.39, 0.29) is 13.2 Å². The number of aliphatic hydroxyl groups excluding tert-OH is 1. The van der Waals surface area contributed by atoms with Gasteiger partial charge in [0.25, 0.3) is 6.04 Å². The number of ether oxygens (including phenoxy) is 2. The first kappa shape index (κ1) is 19.9. The molecule has 0 saturated heterocycles. The van der Waals surface area contributed by atoms with Crippen LogP contribution in [0.3, 0.4) is 0 Å². The fourth-order valence-corrected chi connectivity index (χ4v) is 3.47. The van der Waals surface area contributed by atoms with E-state index in [0.29, 0.717) is 0 Å². The number of benzene rings is 2. The van der Waals surface area contributed by atoms with Gasteiger partial charge in [-0.05, 0) is 11.1 Å². The van der Waals surface area contributed by atoms with Crippen LogP contribution < -0.4 is 0 Å². The summed E-state index contributed by atoms with van der Waals surface area (Å²) in [5.41, 5.74) is 1.53. The molecular weight excluding hydrogens is 366 g/mol. The topological polar surface area (TPSA) is 119 Å². The van der Waals surface area contributed by atoms with Crippen LogP contribution in [-0.4, -0.2) is 45.5 Å². The maximum absolute atomic E-state index is 11.8. The van der Waals surface area contributed by atoms with E-state index in [4.69, 9.17) is 9.47 Å². The summed E-state index contributed by atoms with van der Waals surface area (Å²) in [6.45, 7) is 0.0484. The molecule has 1 saturated carbocycles. The van der Waals surface area contributed by atoms with Crippen molar-refractivity contribution in [1.82, 2.24) is 0 Å². The molecule has 0 amide bonds. The zero-order valence-electron chi connectivity index (χ0n) is 15.0. The molecule has 0 spiro atoms. The van der Waals surface area contributed by atoms with Gasteiger partial charge in [0.1, 0.15) is 12.2 Å². The van der Waals surface area contributed by atoms with E-state index >= 15 is 0 Å². The Labute approximate surface area is 161 Å². The van der Waals surface area contributed by atoms with Gasteiger partial charge in [-0.25, -0.2) is 0 Å². The second-order valence-electron chi connectivity index (χ2n) is 6.65. The van der Waals surface area contributed by atoms with Crippen LogP contribution in [0.1, 0.15) is 11.1 Å². The van der Waals surface area contributed by atoms with Gasteiger partial charge < -0.3 is 19.7 Å². The molecule has 2 aromatic carbocycles. The maximum Gasteiger partial charge on any atom is 0.316 e. The van der Waals surface area contributed by atoms with Crippen molar-refractivity contribution in [3.8, 4) is 0 Å². The van der Waals surface area contributed by atoms with Gasteiger partial charge in [-0.3, -0.25) is 14.9 Å². The van der Waals surface area contributed by atoms with E-state index in [2.05, 4.69) is 0 Å². The number of carboxylic acids is 1. The zero-order chi connectivity index (χ0) is 20.1. The highest BCUT2D eigenvalue weighted by molar-refractivity contribution is 5.72. The van der Waals surface area contributed by atoms with Crippen molar-refractivity contribution in [3.63, 3.8) is 0 Å². The maximum atomic E-state index is 11.8. The lowest BCUT2D eigenvalue weighted by Crippen LogP contribution is -2.41. The second kappa shape index (κ2) is 8.92. The molecule has 1 aliphatic carbocycles. The average molecular weight is 387 g/mol. The Kier molecular flexibility index (Phi) is 6.35. The van der Waals surface area contributed by atoms with Crippen LogP contribution in [0.5, 0.6) is 0 Å². The molecule has 0 heterocycles. The quantitative estimate of drug-likeness (QED) is 0.524. The highest BCUT2D eigenvalue weighted by Crippen LogP contribution is 2.35. The van der Waals surface area contributed by atoms with Gasteiger partial charge in [0.05, 0.1) is 13.2 Å². The van der Waals surface area contributed by atoms with E-state index < -0.39 is 41.2 Å². The first-order valence-corrected chi connectivity index (χ1v) is 8.84. The predicted molar refractivity (Wildman–Crippen MR) is 98.0 cm³/mol. The van der Waals surface area contributed by atoms with Crippen LogP contribution in [0.4, 0.5) is 0 Å². The molecule has 0 aromatic heterocycles. The highest BCUT2D eigenvalue weighted by Gasteiger charge is 2.61. The lowest BCUT2D eigenvalue weighted by Gasteiger charge is -2.20. The molecule has 8 nitrogen and oxygen atoms in total. The van der Waals surface area contributed by atoms with Gasteiger partial charge in [0, 0.05) is 4.92 Å². The summed E-state index contributed by atoms with van der Waals surface area (Å²) in [6, 6.07) is 16.3. The average Bonchev–Trinajstić information content (AvgIpc) is 2.98. The molecule has 1 fully saturated rings. The number of rotatable bonds is 8. The Morgan fingerprint density at radius 2 is 1.39 bits per heavy atom. The molecule has 0 bridgehead atoms. The number of aliphatic carboxylic acids is 1. The molecule has 0 unspecified atom stereocenters. The van der Waals surface area contributed by atoms with E-state index in [1.54, 1.807) is 48.5 Å². The zero-order valence-corrected chi connectivity index (χ0v) is 15.0. The van der Waals surface area contributed by atoms with Crippen molar-refractivity contribution >= 4 is 5.97 Å². The summed E-state index contributed by atoms with van der Waals surface area (Å²) in [7, 11) is 0. The van der Waals surface area contributed by atoms with Crippen LogP contribution >= 0.6 is 0 Å². The van der Waals surface area contributed by atoms with E-state index in [1.165, 1.54) is 0 Å². The molecule has 1 aliphatic rings. The van der Waals surface area contributed by atoms with Crippen molar-refractivity contribution in [2.75, 3.05) is 0 Å². The highest BCUT2D eigenvalue weighted by atomic mass is 16.6. The molecule has 3 rings (SSSR count). The second-order valence-corrected chi connectivity index (χ2v) is 6.65. The van der Waals surface area contributed by atoms with Crippen LogP contribution in [0.2, 0.25) is 0 Å². The summed E-state index contributed by atoms with van der Waals surface area (Å²) >= 11 is 0. The smallest absolute Gasteiger partial charge is 0.316 e. The van der Waals surface area contributed by atoms with Gasteiger partial charge in [-0.15, -0.1) is 0 Å². The van der Waals surface area contributed by atoms with Gasteiger partial charge >= 0.3 is 5.97 Å². The summed E-state index contributed by atoms with van der Waals surface area (Å²) in [5, 5.41) is 31.8. The number of hydrogen-bond acceptors (Lipinski definition) is 6. The Balaban J connectivity index is 1.78. The van der Waals surface area contributed by atoms with E-state index in [0.717, 1.165) is 11.1 Å². The van der Waals surface area contributed by atoms with Crippen molar-refractivity contribution in [3.05, 3.63) is 81.9 Å². The number of carboxylic acid groups (broad SMARTS) is 1. The Morgan fingerprint density at radius 1 is 0.929 bits per heavy atom. The fourth-order valence-electron chi connectivity index (χ4n) is 3.47. The van der Waals surface area contributed by atoms with Crippen molar-refractivity contribution in [1.29, 1.82) is 0 Å². The first-order valence-electron chi connectivity index (χ1n) is 8.84. The number of aliphatic hydroxyl groups is 1. The fraction of sp³-hybridized carbons (Fsp3) is 0.350. The molecule has 2 aromatic rings. The number of nitro groups is 1. The molecule has 0 aliphatic heterocycles. The largest absolute Gasteiger partial charge is 0.481 e. The number of carbonyl (C=O) groups is 1. The third-order valence-electron chi connectivity index (χ3n) is 4.83. The summed E-state index contributed by atoms with van der Waals surface area (Å²) in [5.74, 6) is -2.92. The van der Waals surface area contributed by atoms with Gasteiger partial charge in [0.2, 0.25) is 0 Å². The normalized spacial score (nSPS) is 26.8. The molecule has 5 atom stereocenters. The minimum Gasteiger partial charge on any atom is -0.481 e. The monoisotopic (exact) mass is 387 g/mol.